The Kier molecular flexibility index (Phi) is 6.77. The molecule has 1 aromatic carbocycles. The molecule has 0 unspecified atom stereocenters. The molecule has 0 saturated carbocycles. The highest BCUT2D eigenvalue weighted by atomic mass is 32.2. The molecule has 1 aliphatic heterocycles. The van der Waals surface area contributed by atoms with Crippen LogP contribution in [0.5, 0.6) is 0 Å². The lowest BCUT2D eigenvalue weighted by Crippen LogP contribution is -2.33. The Morgan fingerprint density at radius 2 is 1.68 bits per heavy atom. The lowest BCUT2D eigenvalue weighted by molar-refractivity contribution is -0.128. The smallest absolute Gasteiger partial charge is 0.234 e. The Morgan fingerprint density at radius 3 is 2.32 bits per heavy atom. The summed E-state index contributed by atoms with van der Waals surface area (Å²) in [5.74, 6) is 0.807. The second-order valence-corrected chi connectivity index (χ2v) is 6.69. The molecule has 2 rings (SSSR count). The molecule has 0 radical (unpaired) electrons. The lowest BCUT2D eigenvalue weighted by atomic mass is 10.2. The van der Waals surface area contributed by atoms with E-state index in [9.17, 15) is 9.59 Å². The molecule has 0 bridgehead atoms. The molecule has 0 atom stereocenters. The molecule has 5 heteroatoms. The first-order chi connectivity index (χ1) is 10.6. The van der Waals surface area contributed by atoms with Crippen molar-refractivity contribution in [3.05, 3.63) is 29.8 Å². The highest BCUT2D eigenvalue weighted by molar-refractivity contribution is 8.00. The van der Waals surface area contributed by atoms with Gasteiger partial charge in [0.05, 0.1) is 11.5 Å². The summed E-state index contributed by atoms with van der Waals surface area (Å²) in [6, 6.07) is 7.71. The van der Waals surface area contributed by atoms with E-state index in [0.29, 0.717) is 11.5 Å². The van der Waals surface area contributed by atoms with Crippen LogP contribution in [-0.2, 0) is 9.59 Å². The summed E-state index contributed by atoms with van der Waals surface area (Å²) < 4.78 is 0. The molecule has 4 nitrogen and oxygen atoms in total. The van der Waals surface area contributed by atoms with Crippen molar-refractivity contribution in [1.29, 1.82) is 0 Å². The average Bonchev–Trinajstić information content (AvgIpc) is 2.79. The van der Waals surface area contributed by atoms with Crippen LogP contribution in [0.4, 0.5) is 5.69 Å². The Bertz CT molecular complexity index is 494. The molecule has 1 saturated heterocycles. The molecule has 2 amide bonds. The van der Waals surface area contributed by atoms with Crippen LogP contribution in [0.15, 0.2) is 24.3 Å². The molecule has 1 N–H and O–H groups in total. The molecular weight excluding hydrogens is 296 g/mol. The van der Waals surface area contributed by atoms with Gasteiger partial charge in [0.15, 0.2) is 0 Å². The third kappa shape index (κ3) is 5.72. The zero-order valence-corrected chi connectivity index (χ0v) is 14.0. The summed E-state index contributed by atoms with van der Waals surface area (Å²) in [7, 11) is 0. The Morgan fingerprint density at radius 1 is 1.05 bits per heavy atom. The van der Waals surface area contributed by atoms with Gasteiger partial charge in [0.25, 0.3) is 0 Å². The predicted molar refractivity (Wildman–Crippen MR) is 92.2 cm³/mol. The van der Waals surface area contributed by atoms with Gasteiger partial charge >= 0.3 is 0 Å². The van der Waals surface area contributed by atoms with Gasteiger partial charge < -0.3 is 10.2 Å². The van der Waals surface area contributed by atoms with Crippen LogP contribution in [0, 0.1) is 6.92 Å². The molecule has 1 heterocycles. The van der Waals surface area contributed by atoms with E-state index < -0.39 is 0 Å². The van der Waals surface area contributed by atoms with Crippen LogP contribution >= 0.6 is 11.8 Å². The molecule has 1 fully saturated rings. The van der Waals surface area contributed by atoms with Crippen molar-refractivity contribution >= 4 is 29.3 Å². The molecule has 1 aromatic rings. The third-order valence-electron chi connectivity index (χ3n) is 3.75. The van der Waals surface area contributed by atoms with Crippen LogP contribution in [0.3, 0.4) is 0 Å². The van der Waals surface area contributed by atoms with E-state index in [1.807, 2.05) is 36.1 Å². The summed E-state index contributed by atoms with van der Waals surface area (Å²) in [4.78, 5) is 25.9. The SMILES string of the molecule is Cc1ccc(NC(=O)CSCC(=O)N2CCCCCC2)cc1. The molecule has 22 heavy (non-hydrogen) atoms. The second kappa shape index (κ2) is 8.83. The van der Waals surface area contributed by atoms with Crippen LogP contribution in [0.25, 0.3) is 0 Å². The van der Waals surface area contributed by atoms with Gasteiger partial charge in [-0.3, -0.25) is 9.59 Å². The number of benzene rings is 1. The quantitative estimate of drug-likeness (QED) is 0.907. The van der Waals surface area contributed by atoms with Crippen LogP contribution in [0.2, 0.25) is 0 Å². The van der Waals surface area contributed by atoms with Crippen molar-refractivity contribution in [1.82, 2.24) is 4.90 Å². The number of carbonyl (C=O) groups excluding carboxylic acids is 2. The van der Waals surface area contributed by atoms with E-state index in [1.165, 1.54) is 24.6 Å². The van der Waals surface area contributed by atoms with Crippen molar-refractivity contribution in [3.63, 3.8) is 0 Å². The Balaban J connectivity index is 1.67. The van der Waals surface area contributed by atoms with Crippen molar-refractivity contribution < 1.29 is 9.59 Å². The fraction of sp³-hybridized carbons (Fsp3) is 0.529. The van der Waals surface area contributed by atoms with Crippen molar-refractivity contribution in [2.24, 2.45) is 0 Å². The molecular formula is C17H24N2O2S. The molecule has 0 aliphatic carbocycles. The van der Waals surface area contributed by atoms with E-state index in [-0.39, 0.29) is 11.8 Å². The van der Waals surface area contributed by atoms with Crippen molar-refractivity contribution in [2.75, 3.05) is 29.9 Å². The van der Waals surface area contributed by atoms with Crippen LogP contribution in [0.1, 0.15) is 31.2 Å². The number of amides is 2. The topological polar surface area (TPSA) is 49.4 Å². The van der Waals surface area contributed by atoms with E-state index in [2.05, 4.69) is 5.32 Å². The number of aryl methyl sites for hydroxylation is 1. The molecule has 0 spiro atoms. The van der Waals surface area contributed by atoms with E-state index >= 15 is 0 Å². The Hall–Kier alpha value is -1.49. The number of carbonyl (C=O) groups is 2. The van der Waals surface area contributed by atoms with Gasteiger partial charge in [0, 0.05) is 18.8 Å². The maximum absolute atomic E-state index is 12.1. The normalized spacial score (nSPS) is 15.2. The highest BCUT2D eigenvalue weighted by Crippen LogP contribution is 2.13. The largest absolute Gasteiger partial charge is 0.342 e. The van der Waals surface area contributed by atoms with Gasteiger partial charge in [-0.25, -0.2) is 0 Å². The zero-order valence-electron chi connectivity index (χ0n) is 13.1. The first-order valence-electron chi connectivity index (χ1n) is 7.87. The Labute approximate surface area is 136 Å². The fourth-order valence-corrected chi connectivity index (χ4v) is 3.19. The number of nitrogens with zero attached hydrogens (tertiary/aromatic N) is 1. The summed E-state index contributed by atoms with van der Waals surface area (Å²) in [5, 5.41) is 2.85. The second-order valence-electron chi connectivity index (χ2n) is 5.70. The summed E-state index contributed by atoms with van der Waals surface area (Å²) in [6.45, 7) is 3.75. The maximum Gasteiger partial charge on any atom is 0.234 e. The number of thioether (sulfide) groups is 1. The van der Waals surface area contributed by atoms with Gasteiger partial charge in [-0.2, -0.15) is 0 Å². The number of nitrogens with one attached hydrogen (secondary N) is 1. The number of anilines is 1. The summed E-state index contributed by atoms with van der Waals surface area (Å²) in [5.41, 5.74) is 1.96. The van der Waals surface area contributed by atoms with E-state index in [0.717, 1.165) is 37.2 Å². The van der Waals surface area contributed by atoms with Gasteiger partial charge in [0.2, 0.25) is 11.8 Å². The number of rotatable bonds is 5. The monoisotopic (exact) mass is 320 g/mol. The number of hydrogen-bond donors (Lipinski definition) is 1. The highest BCUT2D eigenvalue weighted by Gasteiger charge is 2.15. The minimum Gasteiger partial charge on any atom is -0.342 e. The minimum absolute atomic E-state index is 0.0579. The van der Waals surface area contributed by atoms with Crippen molar-refractivity contribution in [3.8, 4) is 0 Å². The predicted octanol–water partition coefficient (Wildman–Crippen LogP) is 3.07. The zero-order chi connectivity index (χ0) is 15.8. The van der Waals surface area contributed by atoms with Gasteiger partial charge in [0.1, 0.15) is 0 Å². The minimum atomic E-state index is -0.0579. The number of hydrogen-bond acceptors (Lipinski definition) is 3. The van der Waals surface area contributed by atoms with E-state index in [1.54, 1.807) is 0 Å². The van der Waals surface area contributed by atoms with Gasteiger partial charge in [-0.05, 0) is 31.9 Å². The first-order valence-corrected chi connectivity index (χ1v) is 9.02. The van der Waals surface area contributed by atoms with Gasteiger partial charge in [-0.1, -0.05) is 30.5 Å². The maximum atomic E-state index is 12.1. The van der Waals surface area contributed by atoms with Gasteiger partial charge in [-0.15, -0.1) is 11.8 Å². The molecule has 1 aliphatic rings. The number of likely N-dealkylation sites (tertiary alicyclic amines) is 1. The standard InChI is InChI=1S/C17H24N2O2S/c1-14-6-8-15(9-7-14)18-16(20)12-22-13-17(21)19-10-4-2-3-5-11-19/h6-9H,2-5,10-13H2,1H3,(H,18,20). The summed E-state index contributed by atoms with van der Waals surface area (Å²) >= 11 is 1.39. The fourth-order valence-electron chi connectivity index (χ4n) is 2.48. The van der Waals surface area contributed by atoms with Crippen LogP contribution < -0.4 is 5.32 Å². The first kappa shape index (κ1) is 16.9. The average molecular weight is 320 g/mol. The van der Waals surface area contributed by atoms with E-state index in [4.69, 9.17) is 0 Å². The molecule has 120 valence electrons. The van der Waals surface area contributed by atoms with Crippen LogP contribution in [-0.4, -0.2) is 41.3 Å². The lowest BCUT2D eigenvalue weighted by Gasteiger charge is -2.19. The summed E-state index contributed by atoms with van der Waals surface area (Å²) in [6.07, 6.45) is 4.64. The third-order valence-corrected chi connectivity index (χ3v) is 4.67. The van der Waals surface area contributed by atoms with Crippen molar-refractivity contribution in [2.45, 2.75) is 32.6 Å². The molecule has 0 aromatic heterocycles.